The Labute approximate surface area is 69.1 Å². The van der Waals surface area contributed by atoms with Gasteiger partial charge in [0.05, 0.1) is 6.10 Å². The fraction of sp³-hybridized carbons (Fsp3) is 0.800. The maximum atomic E-state index is 9.65. The first-order valence-electron chi connectivity index (χ1n) is 4.46. The molecule has 0 saturated heterocycles. The minimum atomic E-state index is -0.128. The zero-order chi connectivity index (χ0) is 8.43. The number of aliphatic hydroxyl groups excluding tert-OH is 1. The van der Waals surface area contributed by atoms with Crippen molar-refractivity contribution in [3.05, 3.63) is 12.2 Å². The number of rotatable bonds is 1. The number of aliphatic hydroxyl groups is 1. The largest absolute Gasteiger partial charge is 0.392 e. The molecule has 1 aliphatic carbocycles. The minimum Gasteiger partial charge on any atom is -0.392 e. The maximum Gasteiger partial charge on any atom is 0.0607 e. The van der Waals surface area contributed by atoms with Crippen molar-refractivity contribution in [1.29, 1.82) is 0 Å². The Kier molecular flexibility index (Phi) is 2.72. The van der Waals surface area contributed by atoms with Crippen LogP contribution in [0.5, 0.6) is 0 Å². The summed E-state index contributed by atoms with van der Waals surface area (Å²) in [5.41, 5.74) is 1.22. The van der Waals surface area contributed by atoms with Crippen LogP contribution in [0.2, 0.25) is 0 Å². The second-order valence-corrected chi connectivity index (χ2v) is 3.97. The predicted molar refractivity (Wildman–Crippen MR) is 47.3 cm³/mol. The average Bonchev–Trinajstić information content (AvgIpc) is 1.85. The van der Waals surface area contributed by atoms with Crippen molar-refractivity contribution >= 4 is 0 Å². The summed E-state index contributed by atoms with van der Waals surface area (Å²) in [6.45, 7) is 8.26. The zero-order valence-corrected chi connectivity index (χ0v) is 7.51. The molecule has 0 aromatic heterocycles. The molecule has 1 nitrogen and oxygen atoms in total. The van der Waals surface area contributed by atoms with Crippen LogP contribution in [0.1, 0.15) is 33.1 Å². The molecule has 0 bridgehead atoms. The third-order valence-corrected chi connectivity index (χ3v) is 2.68. The monoisotopic (exact) mass is 154 g/mol. The van der Waals surface area contributed by atoms with Gasteiger partial charge in [-0.3, -0.25) is 0 Å². The summed E-state index contributed by atoms with van der Waals surface area (Å²) in [6, 6.07) is 0. The first-order valence-corrected chi connectivity index (χ1v) is 4.46. The summed E-state index contributed by atoms with van der Waals surface area (Å²) in [5, 5.41) is 9.65. The SMILES string of the molecule is C=C1CC[C@@H](C(C)C)[C@H](O)C1. The maximum absolute atomic E-state index is 9.65. The van der Waals surface area contributed by atoms with Crippen LogP contribution in [0.15, 0.2) is 12.2 Å². The summed E-state index contributed by atoms with van der Waals surface area (Å²) in [5.74, 6) is 1.11. The Balaban J connectivity index is 2.50. The van der Waals surface area contributed by atoms with E-state index in [4.69, 9.17) is 0 Å². The van der Waals surface area contributed by atoms with Crippen molar-refractivity contribution in [2.24, 2.45) is 11.8 Å². The first kappa shape index (κ1) is 8.79. The summed E-state index contributed by atoms with van der Waals surface area (Å²) < 4.78 is 0. The molecule has 11 heavy (non-hydrogen) atoms. The van der Waals surface area contributed by atoms with Crippen molar-refractivity contribution in [2.75, 3.05) is 0 Å². The van der Waals surface area contributed by atoms with Gasteiger partial charge >= 0.3 is 0 Å². The summed E-state index contributed by atoms with van der Waals surface area (Å²) in [7, 11) is 0. The molecule has 1 heteroatoms. The van der Waals surface area contributed by atoms with Crippen LogP contribution in [0, 0.1) is 11.8 Å². The Bertz CT molecular complexity index is 149. The molecule has 0 unspecified atom stereocenters. The lowest BCUT2D eigenvalue weighted by atomic mass is 9.78. The molecular formula is C10H18O. The van der Waals surface area contributed by atoms with E-state index in [-0.39, 0.29) is 6.10 Å². The van der Waals surface area contributed by atoms with Crippen molar-refractivity contribution in [2.45, 2.75) is 39.2 Å². The van der Waals surface area contributed by atoms with Crippen molar-refractivity contribution in [3.63, 3.8) is 0 Å². The molecule has 1 fully saturated rings. The summed E-state index contributed by atoms with van der Waals surface area (Å²) >= 11 is 0. The highest BCUT2D eigenvalue weighted by atomic mass is 16.3. The molecule has 0 radical (unpaired) electrons. The topological polar surface area (TPSA) is 20.2 Å². The van der Waals surface area contributed by atoms with Crippen molar-refractivity contribution in [3.8, 4) is 0 Å². The molecule has 1 N–H and O–H groups in total. The molecule has 2 atom stereocenters. The molecule has 0 spiro atoms. The van der Waals surface area contributed by atoms with Gasteiger partial charge in [0.25, 0.3) is 0 Å². The van der Waals surface area contributed by atoms with Crippen LogP contribution in [0.3, 0.4) is 0 Å². The normalized spacial score (nSPS) is 32.9. The summed E-state index contributed by atoms with van der Waals surface area (Å²) in [4.78, 5) is 0. The highest BCUT2D eigenvalue weighted by molar-refractivity contribution is 5.02. The quantitative estimate of drug-likeness (QED) is 0.575. The zero-order valence-electron chi connectivity index (χ0n) is 7.51. The fourth-order valence-electron chi connectivity index (χ4n) is 1.89. The Morgan fingerprint density at radius 3 is 2.64 bits per heavy atom. The molecule has 1 saturated carbocycles. The van der Waals surface area contributed by atoms with Gasteiger partial charge in [0.1, 0.15) is 0 Å². The Morgan fingerprint density at radius 1 is 1.55 bits per heavy atom. The standard InChI is InChI=1S/C10H18O/c1-7(2)9-5-4-8(3)6-10(9)11/h7,9-11H,3-6H2,1-2H3/t9-,10+/m0/s1. The van der Waals surface area contributed by atoms with Crippen LogP contribution >= 0.6 is 0 Å². The van der Waals surface area contributed by atoms with Gasteiger partial charge in [0, 0.05) is 0 Å². The highest BCUT2D eigenvalue weighted by Crippen LogP contribution is 2.32. The fourth-order valence-corrected chi connectivity index (χ4v) is 1.89. The second-order valence-electron chi connectivity index (χ2n) is 3.97. The van der Waals surface area contributed by atoms with Gasteiger partial charge in [0.2, 0.25) is 0 Å². The van der Waals surface area contributed by atoms with E-state index in [9.17, 15) is 5.11 Å². The van der Waals surface area contributed by atoms with Gasteiger partial charge in [0.15, 0.2) is 0 Å². The lowest BCUT2D eigenvalue weighted by Crippen LogP contribution is -2.29. The van der Waals surface area contributed by atoms with E-state index in [1.165, 1.54) is 5.57 Å². The third-order valence-electron chi connectivity index (χ3n) is 2.68. The average molecular weight is 154 g/mol. The molecule has 0 aromatic carbocycles. The molecule has 1 aliphatic rings. The highest BCUT2D eigenvalue weighted by Gasteiger charge is 2.26. The van der Waals surface area contributed by atoms with E-state index >= 15 is 0 Å². The molecule has 64 valence electrons. The van der Waals surface area contributed by atoms with Crippen LogP contribution < -0.4 is 0 Å². The van der Waals surface area contributed by atoms with Gasteiger partial charge in [-0.1, -0.05) is 26.0 Å². The van der Waals surface area contributed by atoms with Crippen LogP contribution in [-0.2, 0) is 0 Å². The van der Waals surface area contributed by atoms with Crippen LogP contribution in [0.25, 0.3) is 0 Å². The van der Waals surface area contributed by atoms with E-state index in [1.54, 1.807) is 0 Å². The smallest absolute Gasteiger partial charge is 0.0607 e. The van der Waals surface area contributed by atoms with Gasteiger partial charge in [-0.05, 0) is 31.1 Å². The molecular weight excluding hydrogens is 136 g/mol. The molecule has 0 heterocycles. The molecule has 0 amide bonds. The van der Waals surface area contributed by atoms with E-state index < -0.39 is 0 Å². The number of hydrogen-bond donors (Lipinski definition) is 1. The van der Waals surface area contributed by atoms with Gasteiger partial charge in [-0.15, -0.1) is 0 Å². The number of hydrogen-bond acceptors (Lipinski definition) is 1. The first-order chi connectivity index (χ1) is 5.11. The van der Waals surface area contributed by atoms with Crippen molar-refractivity contribution < 1.29 is 5.11 Å². The van der Waals surface area contributed by atoms with E-state index in [2.05, 4.69) is 20.4 Å². The van der Waals surface area contributed by atoms with E-state index in [0.29, 0.717) is 11.8 Å². The minimum absolute atomic E-state index is 0.128. The van der Waals surface area contributed by atoms with Gasteiger partial charge in [-0.25, -0.2) is 0 Å². The van der Waals surface area contributed by atoms with E-state index in [0.717, 1.165) is 19.3 Å². The van der Waals surface area contributed by atoms with Crippen LogP contribution in [0.4, 0.5) is 0 Å². The van der Waals surface area contributed by atoms with E-state index in [1.807, 2.05) is 0 Å². The van der Waals surface area contributed by atoms with Gasteiger partial charge < -0.3 is 5.11 Å². The third kappa shape index (κ3) is 2.06. The van der Waals surface area contributed by atoms with Crippen LogP contribution in [-0.4, -0.2) is 11.2 Å². The Hall–Kier alpha value is -0.300. The lowest BCUT2D eigenvalue weighted by Gasteiger charge is -2.31. The molecule has 0 aliphatic heterocycles. The molecule has 1 rings (SSSR count). The lowest BCUT2D eigenvalue weighted by molar-refractivity contribution is 0.0627. The summed E-state index contributed by atoms with van der Waals surface area (Å²) in [6.07, 6.45) is 2.93. The predicted octanol–water partition coefficient (Wildman–Crippen LogP) is 2.36. The molecule has 0 aromatic rings. The Morgan fingerprint density at radius 2 is 2.18 bits per heavy atom. The van der Waals surface area contributed by atoms with Crippen molar-refractivity contribution in [1.82, 2.24) is 0 Å². The van der Waals surface area contributed by atoms with Gasteiger partial charge in [-0.2, -0.15) is 0 Å². The second kappa shape index (κ2) is 3.40.